The monoisotopic (exact) mass is 168 g/mol. The molecule has 1 unspecified atom stereocenters. The Morgan fingerprint density at radius 2 is 2.42 bits per heavy atom. The van der Waals surface area contributed by atoms with Gasteiger partial charge >= 0.3 is 0 Å². The third kappa shape index (κ3) is 2.84. The minimum Gasteiger partial charge on any atom is -0.387 e. The maximum atomic E-state index is 9.90. The van der Waals surface area contributed by atoms with E-state index in [2.05, 4.69) is 5.92 Å². The van der Waals surface area contributed by atoms with Crippen LogP contribution in [0.2, 0.25) is 0 Å². The van der Waals surface area contributed by atoms with Crippen LogP contribution in [0, 0.1) is 12.3 Å². The summed E-state index contributed by atoms with van der Waals surface area (Å²) < 4.78 is 5.21. The molecule has 2 heteroatoms. The molecule has 0 aromatic heterocycles. The fraction of sp³-hybridized carbons (Fsp3) is 0.800. The van der Waals surface area contributed by atoms with Gasteiger partial charge in [-0.3, -0.25) is 0 Å². The second-order valence-corrected chi connectivity index (χ2v) is 3.44. The van der Waals surface area contributed by atoms with E-state index in [9.17, 15) is 5.11 Å². The van der Waals surface area contributed by atoms with Crippen molar-refractivity contribution >= 4 is 0 Å². The molecule has 0 radical (unpaired) electrons. The Kier molecular flexibility index (Phi) is 3.58. The lowest BCUT2D eigenvalue weighted by Gasteiger charge is -2.31. The Morgan fingerprint density at radius 3 is 3.00 bits per heavy atom. The maximum absolute atomic E-state index is 9.90. The smallest absolute Gasteiger partial charge is 0.0881 e. The molecule has 12 heavy (non-hydrogen) atoms. The highest BCUT2D eigenvalue weighted by molar-refractivity contribution is 4.87. The summed E-state index contributed by atoms with van der Waals surface area (Å²) in [6, 6.07) is 0. The van der Waals surface area contributed by atoms with Crippen molar-refractivity contribution in [3.63, 3.8) is 0 Å². The maximum Gasteiger partial charge on any atom is 0.0881 e. The molecule has 0 amide bonds. The van der Waals surface area contributed by atoms with E-state index < -0.39 is 5.60 Å². The van der Waals surface area contributed by atoms with Gasteiger partial charge in [-0.15, -0.1) is 12.3 Å². The SMILES string of the molecule is C#CCCCC1(O)CCCOC1. The Labute approximate surface area is 73.9 Å². The second-order valence-electron chi connectivity index (χ2n) is 3.44. The topological polar surface area (TPSA) is 29.5 Å². The third-order valence-corrected chi connectivity index (χ3v) is 2.26. The molecule has 0 spiro atoms. The number of hydrogen-bond donors (Lipinski definition) is 1. The van der Waals surface area contributed by atoms with Crippen molar-refractivity contribution in [1.82, 2.24) is 0 Å². The van der Waals surface area contributed by atoms with Gasteiger partial charge in [0.15, 0.2) is 0 Å². The summed E-state index contributed by atoms with van der Waals surface area (Å²) in [6.45, 7) is 1.27. The first-order valence-corrected chi connectivity index (χ1v) is 4.50. The first kappa shape index (κ1) is 9.57. The van der Waals surface area contributed by atoms with Crippen LogP contribution in [0.15, 0.2) is 0 Å². The molecule has 0 aromatic rings. The first-order valence-electron chi connectivity index (χ1n) is 4.50. The zero-order chi connectivity index (χ0) is 8.86. The van der Waals surface area contributed by atoms with E-state index in [1.54, 1.807) is 0 Å². The van der Waals surface area contributed by atoms with Crippen LogP contribution in [0.25, 0.3) is 0 Å². The molecule has 1 aliphatic heterocycles. The van der Waals surface area contributed by atoms with E-state index in [4.69, 9.17) is 11.2 Å². The van der Waals surface area contributed by atoms with E-state index in [1.807, 2.05) is 0 Å². The Morgan fingerprint density at radius 1 is 1.58 bits per heavy atom. The number of terminal acetylenes is 1. The molecule has 0 bridgehead atoms. The van der Waals surface area contributed by atoms with Crippen molar-refractivity contribution in [2.75, 3.05) is 13.2 Å². The summed E-state index contributed by atoms with van der Waals surface area (Å²) in [7, 11) is 0. The number of hydrogen-bond acceptors (Lipinski definition) is 2. The van der Waals surface area contributed by atoms with Crippen molar-refractivity contribution < 1.29 is 9.84 Å². The van der Waals surface area contributed by atoms with Gasteiger partial charge in [-0.2, -0.15) is 0 Å². The molecule has 1 aliphatic rings. The van der Waals surface area contributed by atoms with Gasteiger partial charge in [-0.1, -0.05) is 0 Å². The molecule has 1 atom stereocenters. The van der Waals surface area contributed by atoms with E-state index in [0.29, 0.717) is 6.61 Å². The van der Waals surface area contributed by atoms with E-state index >= 15 is 0 Å². The van der Waals surface area contributed by atoms with Gasteiger partial charge in [0.05, 0.1) is 12.2 Å². The summed E-state index contributed by atoms with van der Waals surface area (Å²) in [4.78, 5) is 0. The van der Waals surface area contributed by atoms with Gasteiger partial charge < -0.3 is 9.84 Å². The van der Waals surface area contributed by atoms with E-state index in [0.717, 1.165) is 38.7 Å². The molecular formula is C10H16O2. The molecule has 1 N–H and O–H groups in total. The Bertz CT molecular complexity index is 163. The molecule has 0 saturated carbocycles. The molecule has 1 rings (SSSR count). The average Bonchev–Trinajstić information content (AvgIpc) is 2.06. The summed E-state index contributed by atoms with van der Waals surface area (Å²) in [5.74, 6) is 2.57. The van der Waals surface area contributed by atoms with Crippen LogP contribution in [0.5, 0.6) is 0 Å². The zero-order valence-corrected chi connectivity index (χ0v) is 7.38. The standard InChI is InChI=1S/C10H16O2/c1-2-3-4-6-10(11)7-5-8-12-9-10/h1,11H,3-9H2. The predicted molar refractivity (Wildman–Crippen MR) is 47.7 cm³/mol. The van der Waals surface area contributed by atoms with Crippen molar-refractivity contribution in [2.45, 2.75) is 37.7 Å². The second kappa shape index (κ2) is 4.49. The summed E-state index contributed by atoms with van der Waals surface area (Å²) in [6.07, 6.45) is 9.37. The summed E-state index contributed by atoms with van der Waals surface area (Å²) in [5.41, 5.74) is -0.588. The van der Waals surface area contributed by atoms with Crippen molar-refractivity contribution in [3.8, 4) is 12.3 Å². The zero-order valence-electron chi connectivity index (χ0n) is 7.38. The van der Waals surface area contributed by atoms with Crippen molar-refractivity contribution in [3.05, 3.63) is 0 Å². The van der Waals surface area contributed by atoms with Crippen LogP contribution in [0.1, 0.15) is 32.1 Å². The largest absolute Gasteiger partial charge is 0.387 e. The van der Waals surface area contributed by atoms with Crippen molar-refractivity contribution in [2.24, 2.45) is 0 Å². The number of aliphatic hydroxyl groups is 1. The van der Waals surface area contributed by atoms with Crippen LogP contribution >= 0.6 is 0 Å². The summed E-state index contributed by atoms with van der Waals surface area (Å²) >= 11 is 0. The number of ether oxygens (including phenoxy) is 1. The highest BCUT2D eigenvalue weighted by atomic mass is 16.5. The highest BCUT2D eigenvalue weighted by Crippen LogP contribution is 2.24. The normalized spacial score (nSPS) is 29.7. The lowest BCUT2D eigenvalue weighted by Crippen LogP contribution is -2.38. The van der Waals surface area contributed by atoms with Crippen LogP contribution in [0.4, 0.5) is 0 Å². The van der Waals surface area contributed by atoms with Gasteiger partial charge in [-0.25, -0.2) is 0 Å². The third-order valence-electron chi connectivity index (χ3n) is 2.26. The molecule has 1 fully saturated rings. The van der Waals surface area contributed by atoms with Gasteiger partial charge in [0.25, 0.3) is 0 Å². The highest BCUT2D eigenvalue weighted by Gasteiger charge is 2.28. The average molecular weight is 168 g/mol. The minimum absolute atomic E-state index is 0.484. The van der Waals surface area contributed by atoms with Crippen LogP contribution in [-0.4, -0.2) is 23.9 Å². The van der Waals surface area contributed by atoms with E-state index in [1.165, 1.54) is 0 Å². The van der Waals surface area contributed by atoms with Crippen LogP contribution < -0.4 is 0 Å². The molecule has 2 nitrogen and oxygen atoms in total. The van der Waals surface area contributed by atoms with Crippen LogP contribution in [0.3, 0.4) is 0 Å². The fourth-order valence-corrected chi connectivity index (χ4v) is 1.55. The number of rotatable bonds is 3. The Hall–Kier alpha value is -0.520. The Balaban J connectivity index is 2.23. The van der Waals surface area contributed by atoms with Gasteiger partial charge in [0, 0.05) is 13.0 Å². The fourth-order valence-electron chi connectivity index (χ4n) is 1.55. The van der Waals surface area contributed by atoms with Crippen molar-refractivity contribution in [1.29, 1.82) is 0 Å². The lowest BCUT2D eigenvalue weighted by molar-refractivity contribution is -0.0902. The van der Waals surface area contributed by atoms with E-state index in [-0.39, 0.29) is 0 Å². The van der Waals surface area contributed by atoms with Gasteiger partial charge in [0.1, 0.15) is 0 Å². The molecule has 0 aliphatic carbocycles. The predicted octanol–water partition coefficient (Wildman–Crippen LogP) is 1.33. The molecule has 68 valence electrons. The molecule has 0 aromatic carbocycles. The van der Waals surface area contributed by atoms with Gasteiger partial charge in [-0.05, 0) is 25.7 Å². The minimum atomic E-state index is -0.588. The molecule has 1 saturated heterocycles. The van der Waals surface area contributed by atoms with Crippen LogP contribution in [-0.2, 0) is 4.74 Å². The quantitative estimate of drug-likeness (QED) is 0.509. The number of unbranched alkanes of at least 4 members (excludes halogenated alkanes) is 1. The van der Waals surface area contributed by atoms with Gasteiger partial charge in [0.2, 0.25) is 0 Å². The first-order chi connectivity index (χ1) is 5.77. The molecular weight excluding hydrogens is 152 g/mol. The lowest BCUT2D eigenvalue weighted by atomic mass is 9.91. The molecule has 1 heterocycles. The summed E-state index contributed by atoms with van der Waals surface area (Å²) in [5, 5.41) is 9.90.